The molecule has 3 rings (SSSR count). The van der Waals surface area contributed by atoms with E-state index >= 15 is 0 Å². The molecule has 0 saturated heterocycles. The first-order valence-electron chi connectivity index (χ1n) is 7.64. The summed E-state index contributed by atoms with van der Waals surface area (Å²) >= 11 is 17.4. The van der Waals surface area contributed by atoms with Crippen LogP contribution in [0.25, 0.3) is 0 Å². The van der Waals surface area contributed by atoms with Gasteiger partial charge >= 0.3 is 0 Å². The second-order valence-electron chi connectivity index (χ2n) is 5.90. The zero-order chi connectivity index (χ0) is 17.3. The van der Waals surface area contributed by atoms with E-state index in [-0.39, 0.29) is 5.88 Å². The Kier molecular flexibility index (Phi) is 5.77. The van der Waals surface area contributed by atoms with Gasteiger partial charge in [-0.15, -0.1) is 11.6 Å². The molecule has 1 aromatic carbocycles. The predicted molar refractivity (Wildman–Crippen MR) is 103 cm³/mol. The number of benzene rings is 1. The van der Waals surface area contributed by atoms with Crippen molar-refractivity contribution in [2.45, 2.75) is 42.3 Å². The monoisotopic (exact) mass is 446 g/mol. The molecule has 24 heavy (non-hydrogen) atoms. The first-order chi connectivity index (χ1) is 11.5. The summed E-state index contributed by atoms with van der Waals surface area (Å²) in [4.78, 5) is 8.82. The van der Waals surface area contributed by atoms with Gasteiger partial charge in [-0.05, 0) is 37.1 Å². The maximum Gasteiger partial charge on any atom is 0.188 e. The van der Waals surface area contributed by atoms with Gasteiger partial charge in [0.2, 0.25) is 0 Å². The minimum absolute atomic E-state index is 0.224. The van der Waals surface area contributed by atoms with Crippen LogP contribution in [0.2, 0.25) is 5.15 Å². The molecule has 7 heteroatoms. The van der Waals surface area contributed by atoms with Gasteiger partial charge in [-0.1, -0.05) is 51.4 Å². The second kappa shape index (κ2) is 7.50. The molecule has 0 radical (unpaired) electrons. The van der Waals surface area contributed by atoms with Gasteiger partial charge in [-0.3, -0.25) is 0 Å². The molecule has 3 nitrogen and oxygen atoms in total. The number of hydrogen-bond acceptors (Lipinski definition) is 4. The third-order valence-electron chi connectivity index (χ3n) is 4.40. The fourth-order valence-electron chi connectivity index (χ4n) is 3.30. The lowest BCUT2D eigenvalue weighted by molar-refractivity contribution is 0.0170. The number of aliphatic hydroxyl groups is 1. The van der Waals surface area contributed by atoms with Gasteiger partial charge in [0.15, 0.2) is 5.16 Å². The molecule has 1 aliphatic carbocycles. The third kappa shape index (κ3) is 3.47. The smallest absolute Gasteiger partial charge is 0.188 e. The molecule has 0 aliphatic heterocycles. The standard InChI is InChI=1S/C17H17BrCl2N2OS/c1-24-16-21-13(11(9-19)15(20)22-16)8-17(23)7-3-5-10-4-2-6-12(18)14(10)17/h2,4,6,23H,3,5,7-9H2,1H3. The van der Waals surface area contributed by atoms with Crippen molar-refractivity contribution >= 4 is 50.9 Å². The molecule has 1 N–H and O–H groups in total. The van der Waals surface area contributed by atoms with E-state index < -0.39 is 5.60 Å². The molecule has 0 fully saturated rings. The van der Waals surface area contributed by atoms with Crippen LogP contribution in [-0.2, 0) is 24.3 Å². The van der Waals surface area contributed by atoms with Crippen LogP contribution in [0.1, 0.15) is 35.2 Å². The molecule has 1 atom stereocenters. The van der Waals surface area contributed by atoms with Gasteiger partial charge in [0.05, 0.1) is 17.2 Å². The quantitative estimate of drug-likeness (QED) is 0.305. The van der Waals surface area contributed by atoms with Crippen molar-refractivity contribution in [1.82, 2.24) is 9.97 Å². The molecule has 0 saturated carbocycles. The Bertz CT molecular complexity index is 774. The number of rotatable bonds is 4. The van der Waals surface area contributed by atoms with E-state index in [4.69, 9.17) is 23.2 Å². The van der Waals surface area contributed by atoms with E-state index in [1.807, 2.05) is 18.4 Å². The number of alkyl halides is 1. The third-order valence-corrected chi connectivity index (χ3v) is 6.19. The average Bonchev–Trinajstić information content (AvgIpc) is 2.54. The Morgan fingerprint density at radius 3 is 2.88 bits per heavy atom. The van der Waals surface area contributed by atoms with Crippen molar-refractivity contribution in [3.8, 4) is 0 Å². The van der Waals surface area contributed by atoms with Crippen molar-refractivity contribution in [3.63, 3.8) is 0 Å². The van der Waals surface area contributed by atoms with Crippen LogP contribution in [0.5, 0.6) is 0 Å². The number of aryl methyl sites for hydroxylation is 1. The molecule has 1 aliphatic rings. The highest BCUT2D eigenvalue weighted by atomic mass is 79.9. The van der Waals surface area contributed by atoms with Crippen LogP contribution in [0.3, 0.4) is 0 Å². The van der Waals surface area contributed by atoms with E-state index in [0.717, 1.165) is 28.6 Å². The highest BCUT2D eigenvalue weighted by molar-refractivity contribution is 9.10. The summed E-state index contributed by atoms with van der Waals surface area (Å²) in [7, 11) is 0. The zero-order valence-electron chi connectivity index (χ0n) is 13.2. The highest BCUT2D eigenvalue weighted by Gasteiger charge is 2.37. The van der Waals surface area contributed by atoms with Crippen molar-refractivity contribution in [2.75, 3.05) is 6.26 Å². The lowest BCUT2D eigenvalue weighted by atomic mass is 9.76. The topological polar surface area (TPSA) is 46.0 Å². The number of halogens is 3. The Balaban J connectivity index is 2.08. The van der Waals surface area contributed by atoms with Gasteiger partial charge in [0.1, 0.15) is 5.15 Å². The number of thioether (sulfide) groups is 1. The summed E-state index contributed by atoms with van der Waals surface area (Å²) in [5, 5.41) is 12.4. The fraction of sp³-hybridized carbons (Fsp3) is 0.412. The maximum absolute atomic E-state index is 11.4. The molecular formula is C17H17BrCl2N2OS. The van der Waals surface area contributed by atoms with Crippen molar-refractivity contribution in [1.29, 1.82) is 0 Å². The van der Waals surface area contributed by atoms with Crippen LogP contribution in [0.15, 0.2) is 27.8 Å². The van der Waals surface area contributed by atoms with Gasteiger partial charge in [0.25, 0.3) is 0 Å². The number of fused-ring (bicyclic) bond motifs is 1. The molecular weight excluding hydrogens is 431 g/mol. The summed E-state index contributed by atoms with van der Waals surface area (Å²) < 4.78 is 0.930. The molecule has 128 valence electrons. The summed E-state index contributed by atoms with van der Waals surface area (Å²) in [5.74, 6) is 0.224. The Morgan fingerprint density at radius 1 is 1.38 bits per heavy atom. The Labute approximate surface area is 164 Å². The second-order valence-corrected chi connectivity index (χ2v) is 8.15. The van der Waals surface area contributed by atoms with Crippen molar-refractivity contribution in [2.24, 2.45) is 0 Å². The minimum Gasteiger partial charge on any atom is -0.385 e. The van der Waals surface area contributed by atoms with Crippen LogP contribution in [0.4, 0.5) is 0 Å². The Morgan fingerprint density at radius 2 is 2.17 bits per heavy atom. The largest absolute Gasteiger partial charge is 0.385 e. The lowest BCUT2D eigenvalue weighted by Gasteiger charge is -2.35. The molecule has 1 unspecified atom stereocenters. The first kappa shape index (κ1) is 18.5. The molecule has 0 amide bonds. The number of nitrogens with zero attached hydrogens (tertiary/aromatic N) is 2. The van der Waals surface area contributed by atoms with E-state index in [9.17, 15) is 5.11 Å². The zero-order valence-corrected chi connectivity index (χ0v) is 17.1. The highest BCUT2D eigenvalue weighted by Crippen LogP contribution is 2.42. The van der Waals surface area contributed by atoms with Gasteiger partial charge in [-0.25, -0.2) is 9.97 Å². The van der Waals surface area contributed by atoms with Crippen LogP contribution in [-0.4, -0.2) is 21.3 Å². The average molecular weight is 448 g/mol. The first-order valence-corrected chi connectivity index (χ1v) is 10.6. The predicted octanol–water partition coefficient (Wildman–Crippen LogP) is 5.12. The SMILES string of the molecule is CSc1nc(Cl)c(CCl)c(CC2(O)CCCc3cccc(Br)c32)n1. The fourth-order valence-corrected chi connectivity index (χ4v) is 5.11. The summed E-state index contributed by atoms with van der Waals surface area (Å²) in [6.45, 7) is 0. The summed E-state index contributed by atoms with van der Waals surface area (Å²) in [6, 6.07) is 6.05. The molecule has 2 aromatic rings. The van der Waals surface area contributed by atoms with Gasteiger partial charge in [-0.2, -0.15) is 0 Å². The summed E-state index contributed by atoms with van der Waals surface area (Å²) in [5.41, 5.74) is 2.57. The maximum atomic E-state index is 11.4. The molecule has 0 spiro atoms. The van der Waals surface area contributed by atoms with Gasteiger partial charge < -0.3 is 5.11 Å². The molecule has 1 heterocycles. The van der Waals surface area contributed by atoms with Crippen LogP contribution < -0.4 is 0 Å². The summed E-state index contributed by atoms with van der Waals surface area (Å²) in [6.07, 6.45) is 4.86. The van der Waals surface area contributed by atoms with Crippen molar-refractivity contribution < 1.29 is 5.11 Å². The van der Waals surface area contributed by atoms with E-state index in [0.29, 0.717) is 28.7 Å². The lowest BCUT2D eigenvalue weighted by Crippen LogP contribution is -2.34. The molecule has 1 aromatic heterocycles. The van der Waals surface area contributed by atoms with Crippen molar-refractivity contribution in [3.05, 3.63) is 50.2 Å². The van der Waals surface area contributed by atoms with E-state index in [1.54, 1.807) is 0 Å². The van der Waals surface area contributed by atoms with Crippen LogP contribution >= 0.6 is 50.9 Å². The van der Waals surface area contributed by atoms with Gasteiger partial charge in [0, 0.05) is 22.0 Å². The van der Waals surface area contributed by atoms with E-state index in [2.05, 4.69) is 32.0 Å². The number of aromatic nitrogens is 2. The van der Waals surface area contributed by atoms with E-state index in [1.165, 1.54) is 17.3 Å². The minimum atomic E-state index is -0.984. The molecule has 0 bridgehead atoms. The number of hydrogen-bond donors (Lipinski definition) is 1. The Hall–Kier alpha value is -0.330. The normalized spacial score (nSPS) is 20.0. The van der Waals surface area contributed by atoms with Crippen LogP contribution in [0, 0.1) is 0 Å².